The topological polar surface area (TPSA) is 15.3 Å². The Labute approximate surface area is 114 Å². The number of rotatable bonds is 7. The molecule has 19 heavy (non-hydrogen) atoms. The summed E-state index contributed by atoms with van der Waals surface area (Å²) in [6, 6.07) is 4.16. The van der Waals surface area contributed by atoms with E-state index >= 15 is 0 Å². The van der Waals surface area contributed by atoms with E-state index in [9.17, 15) is 8.78 Å². The van der Waals surface area contributed by atoms with Crippen molar-refractivity contribution in [3.05, 3.63) is 35.4 Å². The molecular weight excluding hydrogens is 246 g/mol. The molecule has 1 aromatic carbocycles. The predicted molar refractivity (Wildman–Crippen MR) is 75.2 cm³/mol. The zero-order valence-electron chi connectivity index (χ0n) is 12.2. The van der Waals surface area contributed by atoms with E-state index in [0.717, 1.165) is 13.0 Å². The van der Waals surface area contributed by atoms with Gasteiger partial charge in [-0.15, -0.1) is 0 Å². The van der Waals surface area contributed by atoms with Gasteiger partial charge in [0.05, 0.1) is 0 Å². The average Bonchev–Trinajstić information content (AvgIpc) is 2.37. The van der Waals surface area contributed by atoms with Crippen molar-refractivity contribution >= 4 is 0 Å². The number of nitrogens with one attached hydrogen (secondary N) is 1. The maximum atomic E-state index is 13.6. The summed E-state index contributed by atoms with van der Waals surface area (Å²) in [6.45, 7) is 7.65. The van der Waals surface area contributed by atoms with E-state index in [1.165, 1.54) is 18.2 Å². The molecule has 0 aromatic heterocycles. The van der Waals surface area contributed by atoms with Crippen LogP contribution in [0.5, 0.6) is 0 Å². The molecule has 4 heteroatoms. The van der Waals surface area contributed by atoms with Crippen LogP contribution in [0.25, 0.3) is 0 Å². The standard InChI is InChI=1S/C15H24F2N2/c1-5-11(2)19(4)10-9-18-12(3)15-13(16)7-6-8-14(15)17/h6-8,11-12,18H,5,9-10H2,1-4H3. The van der Waals surface area contributed by atoms with Crippen LogP contribution < -0.4 is 5.32 Å². The van der Waals surface area contributed by atoms with Gasteiger partial charge in [-0.1, -0.05) is 13.0 Å². The third-order valence-electron chi connectivity index (χ3n) is 3.69. The first-order valence-corrected chi connectivity index (χ1v) is 6.84. The summed E-state index contributed by atoms with van der Waals surface area (Å²) in [7, 11) is 2.06. The molecule has 0 saturated carbocycles. The third-order valence-corrected chi connectivity index (χ3v) is 3.69. The fourth-order valence-electron chi connectivity index (χ4n) is 2.02. The number of nitrogens with zero attached hydrogens (tertiary/aromatic N) is 1. The fraction of sp³-hybridized carbons (Fsp3) is 0.600. The molecule has 0 aliphatic carbocycles. The molecule has 2 atom stereocenters. The van der Waals surface area contributed by atoms with Gasteiger partial charge in [-0.05, 0) is 39.4 Å². The summed E-state index contributed by atoms with van der Waals surface area (Å²) in [5, 5.41) is 3.17. The molecule has 0 aliphatic rings. The minimum absolute atomic E-state index is 0.119. The van der Waals surface area contributed by atoms with Gasteiger partial charge in [-0.3, -0.25) is 0 Å². The molecule has 0 radical (unpaired) electrons. The van der Waals surface area contributed by atoms with Crippen molar-refractivity contribution in [3.8, 4) is 0 Å². The molecule has 0 amide bonds. The fourth-order valence-corrected chi connectivity index (χ4v) is 2.02. The van der Waals surface area contributed by atoms with Crippen molar-refractivity contribution in [2.45, 2.75) is 39.3 Å². The van der Waals surface area contributed by atoms with Gasteiger partial charge in [0.25, 0.3) is 0 Å². The van der Waals surface area contributed by atoms with Crippen molar-refractivity contribution in [1.29, 1.82) is 0 Å². The normalized spacial score (nSPS) is 14.7. The zero-order valence-corrected chi connectivity index (χ0v) is 12.2. The molecule has 108 valence electrons. The Morgan fingerprint density at radius 2 is 1.79 bits per heavy atom. The van der Waals surface area contributed by atoms with Crippen LogP contribution in [0.1, 0.15) is 38.8 Å². The van der Waals surface area contributed by atoms with Gasteiger partial charge in [0, 0.05) is 30.7 Å². The van der Waals surface area contributed by atoms with Crippen LogP contribution in [0.4, 0.5) is 8.78 Å². The summed E-state index contributed by atoms with van der Waals surface area (Å²) in [5.41, 5.74) is 0.119. The van der Waals surface area contributed by atoms with Gasteiger partial charge in [-0.25, -0.2) is 8.78 Å². The lowest BCUT2D eigenvalue weighted by atomic mass is 10.1. The van der Waals surface area contributed by atoms with Crippen molar-refractivity contribution in [2.75, 3.05) is 20.1 Å². The number of likely N-dealkylation sites (N-methyl/N-ethyl adjacent to an activating group) is 1. The largest absolute Gasteiger partial charge is 0.309 e. The van der Waals surface area contributed by atoms with E-state index in [1.807, 2.05) is 0 Å². The van der Waals surface area contributed by atoms with Gasteiger partial charge in [0.2, 0.25) is 0 Å². The lowest BCUT2D eigenvalue weighted by molar-refractivity contribution is 0.248. The molecule has 1 aromatic rings. The van der Waals surface area contributed by atoms with Crippen molar-refractivity contribution < 1.29 is 8.78 Å². The Hall–Kier alpha value is -1.00. The number of hydrogen-bond donors (Lipinski definition) is 1. The second-order valence-electron chi connectivity index (χ2n) is 5.05. The zero-order chi connectivity index (χ0) is 14.4. The molecule has 2 nitrogen and oxygen atoms in total. The van der Waals surface area contributed by atoms with Gasteiger partial charge in [0.15, 0.2) is 0 Å². The molecule has 0 heterocycles. The van der Waals surface area contributed by atoms with Crippen LogP contribution >= 0.6 is 0 Å². The summed E-state index contributed by atoms with van der Waals surface area (Å²) >= 11 is 0. The lowest BCUT2D eigenvalue weighted by Crippen LogP contribution is -2.36. The highest BCUT2D eigenvalue weighted by atomic mass is 19.1. The molecule has 0 bridgehead atoms. The van der Waals surface area contributed by atoms with E-state index in [4.69, 9.17) is 0 Å². The molecule has 0 fully saturated rings. The van der Waals surface area contributed by atoms with E-state index in [0.29, 0.717) is 12.6 Å². The van der Waals surface area contributed by atoms with E-state index in [-0.39, 0.29) is 11.6 Å². The summed E-state index contributed by atoms with van der Waals surface area (Å²) in [6.07, 6.45) is 1.09. The molecule has 1 N–H and O–H groups in total. The highest BCUT2D eigenvalue weighted by Gasteiger charge is 2.15. The molecule has 0 aliphatic heterocycles. The minimum atomic E-state index is -0.490. The molecule has 1 rings (SSSR count). The predicted octanol–water partition coefficient (Wildman–Crippen LogP) is 3.35. The van der Waals surface area contributed by atoms with Gasteiger partial charge >= 0.3 is 0 Å². The number of hydrogen-bond acceptors (Lipinski definition) is 2. The van der Waals surface area contributed by atoms with Crippen LogP contribution in [0.15, 0.2) is 18.2 Å². The van der Waals surface area contributed by atoms with Crippen LogP contribution in [0.3, 0.4) is 0 Å². The van der Waals surface area contributed by atoms with Crippen LogP contribution in [0.2, 0.25) is 0 Å². The minimum Gasteiger partial charge on any atom is -0.309 e. The Bertz CT molecular complexity index is 375. The monoisotopic (exact) mass is 270 g/mol. The summed E-state index contributed by atoms with van der Waals surface area (Å²) in [5.74, 6) is -0.981. The Balaban J connectivity index is 2.50. The maximum Gasteiger partial charge on any atom is 0.130 e. The molecular formula is C15H24F2N2. The quantitative estimate of drug-likeness (QED) is 0.817. The first kappa shape index (κ1) is 16.1. The first-order chi connectivity index (χ1) is 8.97. The number of benzene rings is 1. The van der Waals surface area contributed by atoms with Crippen LogP contribution in [0, 0.1) is 11.6 Å². The van der Waals surface area contributed by atoms with Gasteiger partial charge in [-0.2, -0.15) is 0 Å². The van der Waals surface area contributed by atoms with Crippen LogP contribution in [-0.4, -0.2) is 31.1 Å². The van der Waals surface area contributed by atoms with Crippen LogP contribution in [-0.2, 0) is 0 Å². The Morgan fingerprint density at radius 1 is 1.21 bits per heavy atom. The van der Waals surface area contributed by atoms with E-state index in [1.54, 1.807) is 6.92 Å². The highest BCUT2D eigenvalue weighted by molar-refractivity contribution is 5.22. The highest BCUT2D eigenvalue weighted by Crippen LogP contribution is 2.19. The van der Waals surface area contributed by atoms with Crippen molar-refractivity contribution in [1.82, 2.24) is 10.2 Å². The Kier molecular flexibility index (Phi) is 6.38. The first-order valence-electron chi connectivity index (χ1n) is 6.84. The second-order valence-corrected chi connectivity index (χ2v) is 5.05. The molecule has 0 saturated heterocycles. The Morgan fingerprint density at radius 3 is 2.32 bits per heavy atom. The van der Waals surface area contributed by atoms with E-state index in [2.05, 4.69) is 31.1 Å². The maximum absolute atomic E-state index is 13.6. The SMILES string of the molecule is CCC(C)N(C)CCNC(C)c1c(F)cccc1F. The lowest BCUT2D eigenvalue weighted by Gasteiger charge is -2.24. The van der Waals surface area contributed by atoms with Crippen molar-refractivity contribution in [2.24, 2.45) is 0 Å². The van der Waals surface area contributed by atoms with E-state index < -0.39 is 11.6 Å². The number of halogens is 2. The summed E-state index contributed by atoms with van der Waals surface area (Å²) < 4.78 is 27.2. The third kappa shape index (κ3) is 4.55. The second kappa shape index (κ2) is 7.56. The smallest absolute Gasteiger partial charge is 0.130 e. The molecule has 2 unspecified atom stereocenters. The average molecular weight is 270 g/mol. The van der Waals surface area contributed by atoms with Gasteiger partial charge in [0.1, 0.15) is 11.6 Å². The summed E-state index contributed by atoms with van der Waals surface area (Å²) in [4.78, 5) is 2.23. The van der Waals surface area contributed by atoms with Crippen molar-refractivity contribution in [3.63, 3.8) is 0 Å². The van der Waals surface area contributed by atoms with Gasteiger partial charge < -0.3 is 10.2 Å². The molecule has 0 spiro atoms.